The first kappa shape index (κ1) is 21.0. The van der Waals surface area contributed by atoms with Gasteiger partial charge in [0.2, 0.25) is 0 Å². The zero-order valence-corrected chi connectivity index (χ0v) is 16.8. The lowest BCUT2D eigenvalue weighted by Gasteiger charge is -2.46. The number of halogens is 3. The van der Waals surface area contributed by atoms with Crippen LogP contribution in [0.1, 0.15) is 73.6 Å². The number of likely N-dealkylation sites (tertiary alicyclic amines) is 1. The summed E-state index contributed by atoms with van der Waals surface area (Å²) in [6.45, 7) is 15.7. The molecule has 1 aliphatic carbocycles. The van der Waals surface area contributed by atoms with Gasteiger partial charge in [-0.1, -0.05) is 6.92 Å². The molecule has 0 spiro atoms. The molecule has 148 valence electrons. The molecule has 2 fully saturated rings. The molecule has 25 heavy (non-hydrogen) atoms. The van der Waals surface area contributed by atoms with Crippen LogP contribution in [0.3, 0.4) is 0 Å². The van der Waals surface area contributed by atoms with Crippen molar-refractivity contribution in [1.82, 2.24) is 4.90 Å². The molecule has 1 saturated heterocycles. The van der Waals surface area contributed by atoms with E-state index in [9.17, 15) is 13.2 Å². The van der Waals surface area contributed by atoms with Gasteiger partial charge in [-0.2, -0.15) is 13.2 Å². The molecule has 2 unspecified atom stereocenters. The molecule has 2 nitrogen and oxygen atoms in total. The molecular formula is C20H36F3NO. The van der Waals surface area contributed by atoms with Crippen LogP contribution in [0.25, 0.3) is 0 Å². The van der Waals surface area contributed by atoms with Crippen LogP contribution in [0.15, 0.2) is 0 Å². The predicted octanol–water partition coefficient (Wildman–Crippen LogP) is 5.66. The minimum Gasteiger partial charge on any atom is -0.375 e. The Morgan fingerprint density at radius 1 is 1.04 bits per heavy atom. The van der Waals surface area contributed by atoms with Gasteiger partial charge in [-0.3, -0.25) is 4.90 Å². The van der Waals surface area contributed by atoms with Crippen molar-refractivity contribution < 1.29 is 17.9 Å². The second-order valence-corrected chi connectivity index (χ2v) is 10.2. The fourth-order valence-electron chi connectivity index (χ4n) is 3.81. The van der Waals surface area contributed by atoms with Gasteiger partial charge in [0.15, 0.2) is 0 Å². The van der Waals surface area contributed by atoms with Crippen molar-refractivity contribution in [1.29, 1.82) is 0 Å². The summed E-state index contributed by atoms with van der Waals surface area (Å²) in [4.78, 5) is 2.54. The van der Waals surface area contributed by atoms with E-state index in [0.717, 1.165) is 25.9 Å². The zero-order chi connectivity index (χ0) is 19.1. The predicted molar refractivity (Wildman–Crippen MR) is 95.6 cm³/mol. The van der Waals surface area contributed by atoms with Crippen LogP contribution < -0.4 is 0 Å². The minimum absolute atomic E-state index is 0.225. The van der Waals surface area contributed by atoms with Gasteiger partial charge in [0.1, 0.15) is 0 Å². The largest absolute Gasteiger partial charge is 0.392 e. The highest BCUT2D eigenvalue weighted by Crippen LogP contribution is 2.50. The smallest absolute Gasteiger partial charge is 0.375 e. The summed E-state index contributed by atoms with van der Waals surface area (Å²) in [5, 5.41) is 0. The van der Waals surface area contributed by atoms with Crippen molar-refractivity contribution in [3.63, 3.8) is 0 Å². The van der Waals surface area contributed by atoms with E-state index in [1.165, 1.54) is 12.8 Å². The van der Waals surface area contributed by atoms with Crippen LogP contribution in [-0.4, -0.2) is 41.9 Å². The molecule has 0 aromatic rings. The molecule has 1 heterocycles. The Morgan fingerprint density at radius 2 is 1.60 bits per heavy atom. The molecule has 0 aromatic heterocycles. The second-order valence-electron chi connectivity index (χ2n) is 10.2. The average Bonchev–Trinajstić information content (AvgIpc) is 3.23. The molecule has 1 saturated carbocycles. The number of nitrogens with zero attached hydrogens (tertiary/aromatic N) is 1. The third-order valence-corrected chi connectivity index (χ3v) is 6.28. The molecule has 0 aromatic carbocycles. The minimum atomic E-state index is -4.05. The first-order valence-corrected chi connectivity index (χ1v) is 9.68. The number of piperidine rings is 1. The molecule has 2 rings (SSSR count). The van der Waals surface area contributed by atoms with E-state index < -0.39 is 12.1 Å². The highest BCUT2D eigenvalue weighted by atomic mass is 19.4. The molecule has 5 heteroatoms. The van der Waals surface area contributed by atoms with E-state index >= 15 is 0 Å². The summed E-state index contributed by atoms with van der Waals surface area (Å²) >= 11 is 0. The molecule has 1 aliphatic heterocycles. The van der Waals surface area contributed by atoms with Gasteiger partial charge >= 0.3 is 6.18 Å². The summed E-state index contributed by atoms with van der Waals surface area (Å²) in [6.07, 6.45) is 0.526. The van der Waals surface area contributed by atoms with E-state index in [2.05, 4.69) is 32.6 Å². The zero-order valence-electron chi connectivity index (χ0n) is 16.8. The Hall–Kier alpha value is -0.290. The third-order valence-electron chi connectivity index (χ3n) is 6.28. The van der Waals surface area contributed by atoms with E-state index in [1.54, 1.807) is 0 Å². The third kappa shape index (κ3) is 6.13. The maximum Gasteiger partial charge on any atom is 0.392 e. The fourth-order valence-corrected chi connectivity index (χ4v) is 3.81. The van der Waals surface area contributed by atoms with E-state index in [0.29, 0.717) is 5.41 Å². The lowest BCUT2D eigenvalue weighted by atomic mass is 9.74. The lowest BCUT2D eigenvalue weighted by molar-refractivity contribution is -0.154. The maximum atomic E-state index is 12.6. The molecule has 0 bridgehead atoms. The maximum absolute atomic E-state index is 12.6. The molecule has 0 N–H and O–H groups in total. The Labute approximate surface area is 151 Å². The van der Waals surface area contributed by atoms with Gasteiger partial charge < -0.3 is 4.74 Å². The van der Waals surface area contributed by atoms with Crippen LogP contribution in [0.2, 0.25) is 0 Å². The summed E-state index contributed by atoms with van der Waals surface area (Å²) in [6, 6.07) is 0. The average molecular weight is 364 g/mol. The van der Waals surface area contributed by atoms with Crippen LogP contribution in [0.4, 0.5) is 13.2 Å². The van der Waals surface area contributed by atoms with Crippen molar-refractivity contribution in [2.24, 2.45) is 17.3 Å². The Morgan fingerprint density at radius 3 is 2.04 bits per heavy atom. The summed E-state index contributed by atoms with van der Waals surface area (Å²) in [7, 11) is 0. The van der Waals surface area contributed by atoms with Crippen molar-refractivity contribution in [3.05, 3.63) is 0 Å². The van der Waals surface area contributed by atoms with Crippen molar-refractivity contribution in [2.45, 2.75) is 91.0 Å². The molecule has 0 radical (unpaired) electrons. The first-order chi connectivity index (χ1) is 11.2. The summed E-state index contributed by atoms with van der Waals surface area (Å²) in [5.74, 6) is -1.47. The lowest BCUT2D eigenvalue weighted by Crippen LogP contribution is -2.48. The quantitative estimate of drug-likeness (QED) is 0.604. The van der Waals surface area contributed by atoms with Gasteiger partial charge in [0.05, 0.1) is 18.1 Å². The highest BCUT2D eigenvalue weighted by molar-refractivity contribution is 4.92. The van der Waals surface area contributed by atoms with Crippen molar-refractivity contribution >= 4 is 0 Å². The van der Waals surface area contributed by atoms with Crippen molar-refractivity contribution in [2.75, 3.05) is 19.7 Å². The normalized spacial score (nSPS) is 28.2. The van der Waals surface area contributed by atoms with Crippen LogP contribution in [-0.2, 0) is 4.74 Å². The number of hydrogen-bond acceptors (Lipinski definition) is 2. The fraction of sp³-hybridized carbons (Fsp3) is 1.00. The SMILES string of the molecule is CC1(CCC(C)(C)OCC2CC2C(F)(F)F)CCN(C(C)(C)C)CC1. The van der Waals surface area contributed by atoms with Gasteiger partial charge in [0, 0.05) is 5.54 Å². The van der Waals surface area contributed by atoms with Gasteiger partial charge in [-0.25, -0.2) is 0 Å². The number of ether oxygens (including phenoxy) is 1. The standard InChI is InChI=1S/C20H36F3NO/c1-17(2,3)24-11-9-19(6,10-12-24)8-7-18(4,5)25-14-15-13-16(15)20(21,22)23/h15-16H,7-14H2,1-6H3. The molecular weight excluding hydrogens is 327 g/mol. The van der Waals surface area contributed by atoms with E-state index in [-0.39, 0.29) is 30.1 Å². The van der Waals surface area contributed by atoms with E-state index in [1.807, 2.05) is 13.8 Å². The first-order valence-electron chi connectivity index (χ1n) is 9.68. The molecule has 2 atom stereocenters. The number of alkyl halides is 3. The monoisotopic (exact) mass is 363 g/mol. The van der Waals surface area contributed by atoms with Crippen LogP contribution in [0, 0.1) is 17.3 Å². The Balaban J connectivity index is 1.73. The number of rotatable bonds is 6. The van der Waals surface area contributed by atoms with Crippen LogP contribution in [0.5, 0.6) is 0 Å². The molecule has 0 amide bonds. The van der Waals surface area contributed by atoms with Gasteiger partial charge in [-0.15, -0.1) is 0 Å². The van der Waals surface area contributed by atoms with Crippen molar-refractivity contribution in [3.8, 4) is 0 Å². The summed E-state index contributed by atoms with van der Waals surface area (Å²) < 4.78 is 43.7. The summed E-state index contributed by atoms with van der Waals surface area (Å²) in [5.41, 5.74) is 0.197. The molecule has 2 aliphatic rings. The Bertz CT molecular complexity index is 445. The Kier molecular flexibility index (Phi) is 5.91. The topological polar surface area (TPSA) is 12.5 Å². The second kappa shape index (κ2) is 7.03. The van der Waals surface area contributed by atoms with Crippen LogP contribution >= 0.6 is 0 Å². The van der Waals surface area contributed by atoms with Gasteiger partial charge in [0.25, 0.3) is 0 Å². The van der Waals surface area contributed by atoms with E-state index in [4.69, 9.17) is 4.74 Å². The number of hydrogen-bond donors (Lipinski definition) is 0. The van der Waals surface area contributed by atoms with Gasteiger partial charge in [-0.05, 0) is 91.1 Å². The highest BCUT2D eigenvalue weighted by Gasteiger charge is 2.55.